The van der Waals surface area contributed by atoms with Crippen LogP contribution in [0.3, 0.4) is 0 Å². The van der Waals surface area contributed by atoms with E-state index in [9.17, 15) is 25.0 Å². The number of nitro groups is 2. The summed E-state index contributed by atoms with van der Waals surface area (Å²) in [6, 6.07) is 9.47. The molecule has 0 heterocycles. The molecule has 0 saturated carbocycles. The van der Waals surface area contributed by atoms with Gasteiger partial charge in [0.15, 0.2) is 5.78 Å². The number of halogens is 1. The molecule has 0 aliphatic heterocycles. The van der Waals surface area contributed by atoms with Gasteiger partial charge in [0.2, 0.25) is 0 Å². The molecule has 116 valence electrons. The highest BCUT2D eigenvalue weighted by atomic mass is 35.5. The average molecular weight is 333 g/mol. The Hall–Kier alpha value is -3.06. The topological polar surface area (TPSA) is 103 Å². The van der Waals surface area contributed by atoms with Crippen molar-refractivity contribution in [3.63, 3.8) is 0 Å². The van der Waals surface area contributed by atoms with E-state index in [-0.39, 0.29) is 22.0 Å². The van der Waals surface area contributed by atoms with E-state index in [0.29, 0.717) is 5.56 Å². The molecular weight excluding hydrogens is 324 g/mol. The lowest BCUT2D eigenvalue weighted by Gasteiger charge is -1.99. The minimum absolute atomic E-state index is 0.0609. The molecule has 0 fully saturated rings. The molecule has 0 unspecified atom stereocenters. The van der Waals surface area contributed by atoms with Gasteiger partial charge in [-0.2, -0.15) is 0 Å². The van der Waals surface area contributed by atoms with Crippen LogP contribution in [0.2, 0.25) is 5.02 Å². The van der Waals surface area contributed by atoms with Crippen LogP contribution in [-0.4, -0.2) is 15.6 Å². The predicted octanol–water partition coefficient (Wildman–Crippen LogP) is 4.05. The molecule has 0 radical (unpaired) electrons. The number of ketones is 1. The van der Waals surface area contributed by atoms with Crippen molar-refractivity contribution < 1.29 is 14.6 Å². The third-order valence-corrected chi connectivity index (χ3v) is 3.26. The lowest BCUT2D eigenvalue weighted by Crippen LogP contribution is -1.97. The Morgan fingerprint density at radius 3 is 2.43 bits per heavy atom. The van der Waals surface area contributed by atoms with Crippen molar-refractivity contribution >= 4 is 34.8 Å². The Balaban J connectivity index is 2.25. The second kappa shape index (κ2) is 6.80. The smallest absolute Gasteiger partial charge is 0.288 e. The monoisotopic (exact) mass is 332 g/mol. The van der Waals surface area contributed by atoms with E-state index in [2.05, 4.69) is 0 Å². The van der Waals surface area contributed by atoms with Gasteiger partial charge in [0.05, 0.1) is 9.85 Å². The molecule has 0 amide bonds. The van der Waals surface area contributed by atoms with Crippen molar-refractivity contribution in [3.8, 4) is 0 Å². The van der Waals surface area contributed by atoms with Gasteiger partial charge in [-0.25, -0.2) is 0 Å². The highest BCUT2D eigenvalue weighted by Crippen LogP contribution is 2.25. The summed E-state index contributed by atoms with van der Waals surface area (Å²) in [5, 5.41) is 21.4. The maximum Gasteiger partial charge on any atom is 0.288 e. The highest BCUT2D eigenvalue weighted by Gasteiger charge is 2.15. The quantitative estimate of drug-likeness (QED) is 0.355. The molecule has 0 bridgehead atoms. The van der Waals surface area contributed by atoms with Gasteiger partial charge in [-0.1, -0.05) is 29.8 Å². The van der Waals surface area contributed by atoms with Crippen LogP contribution in [0.5, 0.6) is 0 Å². The van der Waals surface area contributed by atoms with Gasteiger partial charge in [0.1, 0.15) is 5.02 Å². The number of nitro benzene ring substituents is 2. The summed E-state index contributed by atoms with van der Waals surface area (Å²) in [5.41, 5.74) is 0.113. The molecule has 0 spiro atoms. The molecule has 2 aromatic carbocycles. The van der Waals surface area contributed by atoms with Crippen LogP contribution >= 0.6 is 11.6 Å². The first-order chi connectivity index (χ1) is 10.9. The van der Waals surface area contributed by atoms with Crippen molar-refractivity contribution in [1.82, 2.24) is 0 Å². The number of benzene rings is 2. The summed E-state index contributed by atoms with van der Waals surface area (Å²) in [4.78, 5) is 32.3. The number of allylic oxidation sites excluding steroid dienone is 1. The molecule has 0 atom stereocenters. The van der Waals surface area contributed by atoms with Crippen molar-refractivity contribution in [2.24, 2.45) is 0 Å². The van der Waals surface area contributed by atoms with Crippen LogP contribution in [0.25, 0.3) is 6.08 Å². The van der Waals surface area contributed by atoms with Crippen LogP contribution in [-0.2, 0) is 0 Å². The maximum absolute atomic E-state index is 12.0. The van der Waals surface area contributed by atoms with E-state index < -0.39 is 15.6 Å². The zero-order valence-corrected chi connectivity index (χ0v) is 12.3. The van der Waals surface area contributed by atoms with E-state index in [1.165, 1.54) is 42.5 Å². The molecule has 0 aromatic heterocycles. The Labute approximate surface area is 135 Å². The number of carbonyl (C=O) groups is 1. The number of nitrogens with zero attached hydrogens (tertiary/aromatic N) is 2. The van der Waals surface area contributed by atoms with E-state index in [4.69, 9.17) is 11.6 Å². The average Bonchev–Trinajstić information content (AvgIpc) is 2.53. The molecule has 8 heteroatoms. The SMILES string of the molecule is O=C(/C=C/c1cccc([N+](=O)[O-])c1)c1ccc(Cl)c([N+](=O)[O-])c1. The number of rotatable bonds is 5. The van der Waals surface area contributed by atoms with E-state index in [1.807, 2.05) is 0 Å². The molecular formula is C15H9ClN2O5. The number of hydrogen-bond donors (Lipinski definition) is 0. The first-order valence-electron chi connectivity index (χ1n) is 6.29. The van der Waals surface area contributed by atoms with Crippen LogP contribution < -0.4 is 0 Å². The minimum Gasteiger partial charge on any atom is -0.289 e. The summed E-state index contributed by atoms with van der Waals surface area (Å²) in [5.74, 6) is -0.476. The highest BCUT2D eigenvalue weighted by molar-refractivity contribution is 6.32. The molecule has 0 aliphatic rings. The zero-order chi connectivity index (χ0) is 17.0. The lowest BCUT2D eigenvalue weighted by molar-refractivity contribution is -0.385. The van der Waals surface area contributed by atoms with Crippen molar-refractivity contribution in [1.29, 1.82) is 0 Å². The Morgan fingerprint density at radius 1 is 1.04 bits per heavy atom. The summed E-state index contributed by atoms with van der Waals surface area (Å²) >= 11 is 5.68. The van der Waals surface area contributed by atoms with Gasteiger partial charge in [-0.3, -0.25) is 25.0 Å². The Morgan fingerprint density at radius 2 is 1.78 bits per heavy atom. The van der Waals surface area contributed by atoms with E-state index in [0.717, 1.165) is 6.07 Å². The Bertz CT molecular complexity index is 832. The fourth-order valence-electron chi connectivity index (χ4n) is 1.82. The van der Waals surface area contributed by atoms with Gasteiger partial charge in [0.25, 0.3) is 11.4 Å². The summed E-state index contributed by atoms with van der Waals surface area (Å²) in [6.45, 7) is 0. The predicted molar refractivity (Wildman–Crippen MR) is 84.6 cm³/mol. The maximum atomic E-state index is 12.0. The van der Waals surface area contributed by atoms with E-state index in [1.54, 1.807) is 6.07 Å². The summed E-state index contributed by atoms with van der Waals surface area (Å²) < 4.78 is 0. The second-order valence-corrected chi connectivity index (χ2v) is 4.88. The Kier molecular flexibility index (Phi) is 4.82. The van der Waals surface area contributed by atoms with Crippen LogP contribution in [0.4, 0.5) is 11.4 Å². The molecule has 7 nitrogen and oxygen atoms in total. The summed E-state index contributed by atoms with van der Waals surface area (Å²) in [7, 11) is 0. The lowest BCUT2D eigenvalue weighted by atomic mass is 10.1. The largest absolute Gasteiger partial charge is 0.289 e. The normalized spacial score (nSPS) is 10.7. The fourth-order valence-corrected chi connectivity index (χ4v) is 2.00. The van der Waals surface area contributed by atoms with Crippen LogP contribution in [0.15, 0.2) is 48.5 Å². The molecule has 0 saturated heterocycles. The number of non-ortho nitro benzene ring substituents is 1. The standard InChI is InChI=1S/C15H9ClN2O5/c16-13-6-5-11(9-14(13)18(22)23)15(19)7-4-10-2-1-3-12(8-10)17(20)21/h1-9H/b7-4+. The molecule has 0 N–H and O–H groups in total. The van der Waals surface area contributed by atoms with Gasteiger partial charge >= 0.3 is 0 Å². The minimum atomic E-state index is -0.677. The number of hydrogen-bond acceptors (Lipinski definition) is 5. The number of carbonyl (C=O) groups excluding carboxylic acids is 1. The van der Waals surface area contributed by atoms with Crippen LogP contribution in [0.1, 0.15) is 15.9 Å². The third kappa shape index (κ3) is 3.98. The summed E-state index contributed by atoms with van der Waals surface area (Å²) in [6.07, 6.45) is 2.59. The molecule has 23 heavy (non-hydrogen) atoms. The van der Waals surface area contributed by atoms with Gasteiger partial charge in [-0.05, 0) is 23.8 Å². The first kappa shape index (κ1) is 16.3. The molecule has 2 rings (SSSR count). The van der Waals surface area contributed by atoms with Crippen molar-refractivity contribution in [2.45, 2.75) is 0 Å². The molecule has 0 aliphatic carbocycles. The first-order valence-corrected chi connectivity index (χ1v) is 6.67. The van der Waals surface area contributed by atoms with Gasteiger partial charge in [-0.15, -0.1) is 0 Å². The van der Waals surface area contributed by atoms with E-state index >= 15 is 0 Å². The second-order valence-electron chi connectivity index (χ2n) is 4.47. The van der Waals surface area contributed by atoms with Crippen molar-refractivity contribution in [2.75, 3.05) is 0 Å². The zero-order valence-electron chi connectivity index (χ0n) is 11.5. The van der Waals surface area contributed by atoms with Crippen LogP contribution in [0, 0.1) is 20.2 Å². The fraction of sp³-hybridized carbons (Fsp3) is 0. The van der Waals surface area contributed by atoms with Crippen molar-refractivity contribution in [3.05, 3.63) is 84.9 Å². The van der Waals surface area contributed by atoms with Gasteiger partial charge in [0, 0.05) is 23.8 Å². The van der Waals surface area contributed by atoms with Gasteiger partial charge < -0.3 is 0 Å². The molecule has 2 aromatic rings. The third-order valence-electron chi connectivity index (χ3n) is 2.94.